The highest BCUT2D eigenvalue weighted by atomic mass is 19.4. The van der Waals surface area contributed by atoms with Gasteiger partial charge in [0.1, 0.15) is 11.5 Å². The Hall–Kier alpha value is -2.02. The first-order valence-electron chi connectivity index (χ1n) is 5.89. The molecule has 20 heavy (non-hydrogen) atoms. The number of oxazole rings is 1. The van der Waals surface area contributed by atoms with Crippen molar-refractivity contribution in [1.82, 2.24) is 10.3 Å². The van der Waals surface area contributed by atoms with Gasteiger partial charge in [-0.25, -0.2) is 4.98 Å². The van der Waals surface area contributed by atoms with Gasteiger partial charge in [0.05, 0.1) is 12.7 Å². The van der Waals surface area contributed by atoms with Crippen LogP contribution in [0.15, 0.2) is 34.9 Å². The Morgan fingerprint density at radius 1 is 1.20 bits per heavy atom. The molecule has 1 aromatic heterocycles. The van der Waals surface area contributed by atoms with E-state index in [0.717, 1.165) is 11.3 Å². The lowest BCUT2D eigenvalue weighted by Gasteiger charge is -2.09. The van der Waals surface area contributed by atoms with Crippen LogP contribution in [0.3, 0.4) is 0 Å². The van der Waals surface area contributed by atoms with Gasteiger partial charge < -0.3 is 14.5 Å². The SMILES string of the molecule is Cc1cnc(CNCc2ccc(OC(F)(F)F)cc2)o1. The summed E-state index contributed by atoms with van der Waals surface area (Å²) in [5.74, 6) is 1.07. The highest BCUT2D eigenvalue weighted by molar-refractivity contribution is 5.27. The van der Waals surface area contributed by atoms with E-state index in [1.54, 1.807) is 25.3 Å². The molecule has 0 amide bonds. The Morgan fingerprint density at radius 2 is 1.90 bits per heavy atom. The monoisotopic (exact) mass is 286 g/mol. The third-order valence-corrected chi connectivity index (χ3v) is 2.43. The minimum Gasteiger partial charge on any atom is -0.445 e. The summed E-state index contributed by atoms with van der Waals surface area (Å²) >= 11 is 0. The molecule has 1 N–H and O–H groups in total. The van der Waals surface area contributed by atoms with Crippen LogP contribution in [-0.4, -0.2) is 11.3 Å². The highest BCUT2D eigenvalue weighted by Gasteiger charge is 2.30. The number of hydrogen-bond donors (Lipinski definition) is 1. The fourth-order valence-corrected chi connectivity index (χ4v) is 1.61. The van der Waals surface area contributed by atoms with E-state index < -0.39 is 6.36 Å². The summed E-state index contributed by atoms with van der Waals surface area (Å²) in [6, 6.07) is 5.68. The number of nitrogens with zero attached hydrogens (tertiary/aromatic N) is 1. The quantitative estimate of drug-likeness (QED) is 0.917. The number of aryl methyl sites for hydroxylation is 1. The van der Waals surface area contributed by atoms with Crippen LogP contribution in [0.2, 0.25) is 0 Å². The van der Waals surface area contributed by atoms with Crippen LogP contribution in [0, 0.1) is 6.92 Å². The number of benzene rings is 1. The fraction of sp³-hybridized carbons (Fsp3) is 0.308. The first-order chi connectivity index (χ1) is 9.42. The van der Waals surface area contributed by atoms with Crippen molar-refractivity contribution in [2.75, 3.05) is 0 Å². The second-order valence-electron chi connectivity index (χ2n) is 4.16. The maximum Gasteiger partial charge on any atom is 0.573 e. The molecule has 0 aliphatic heterocycles. The van der Waals surface area contributed by atoms with Crippen molar-refractivity contribution in [3.63, 3.8) is 0 Å². The average molecular weight is 286 g/mol. The van der Waals surface area contributed by atoms with Crippen LogP contribution in [0.25, 0.3) is 0 Å². The number of nitrogens with one attached hydrogen (secondary N) is 1. The summed E-state index contributed by atoms with van der Waals surface area (Å²) in [5, 5.41) is 3.08. The number of halogens is 3. The highest BCUT2D eigenvalue weighted by Crippen LogP contribution is 2.22. The molecule has 2 rings (SSSR count). The summed E-state index contributed by atoms with van der Waals surface area (Å²) in [4.78, 5) is 4.03. The first kappa shape index (κ1) is 14.4. The Labute approximate surface area is 113 Å². The molecular weight excluding hydrogens is 273 g/mol. The summed E-state index contributed by atoms with van der Waals surface area (Å²) < 4.78 is 45.0. The van der Waals surface area contributed by atoms with Gasteiger partial charge in [0.2, 0.25) is 5.89 Å². The van der Waals surface area contributed by atoms with Gasteiger partial charge >= 0.3 is 6.36 Å². The molecule has 108 valence electrons. The van der Waals surface area contributed by atoms with Gasteiger partial charge in [-0.2, -0.15) is 0 Å². The number of hydrogen-bond acceptors (Lipinski definition) is 4. The van der Waals surface area contributed by atoms with Crippen LogP contribution in [0.5, 0.6) is 5.75 Å². The lowest BCUT2D eigenvalue weighted by atomic mass is 10.2. The molecule has 0 fully saturated rings. The van der Waals surface area contributed by atoms with E-state index in [-0.39, 0.29) is 5.75 Å². The zero-order valence-electron chi connectivity index (χ0n) is 10.7. The van der Waals surface area contributed by atoms with E-state index in [1.165, 1.54) is 12.1 Å². The molecule has 2 aromatic rings. The second kappa shape index (κ2) is 5.96. The Balaban J connectivity index is 1.82. The molecule has 4 nitrogen and oxygen atoms in total. The molecule has 0 saturated carbocycles. The standard InChI is InChI=1S/C13H13F3N2O2/c1-9-6-18-12(19-9)8-17-7-10-2-4-11(5-3-10)20-13(14,15)16/h2-6,17H,7-8H2,1H3. The van der Waals surface area contributed by atoms with Gasteiger partial charge in [-0.3, -0.25) is 0 Å². The largest absolute Gasteiger partial charge is 0.573 e. The summed E-state index contributed by atoms with van der Waals surface area (Å²) in [6.07, 6.45) is -3.04. The molecule has 0 aliphatic rings. The van der Waals surface area contributed by atoms with E-state index in [2.05, 4.69) is 15.0 Å². The van der Waals surface area contributed by atoms with Gasteiger partial charge in [-0.15, -0.1) is 13.2 Å². The predicted molar refractivity (Wildman–Crippen MR) is 64.9 cm³/mol. The maximum absolute atomic E-state index is 12.0. The molecule has 0 atom stereocenters. The van der Waals surface area contributed by atoms with Crippen molar-refractivity contribution >= 4 is 0 Å². The van der Waals surface area contributed by atoms with Crippen molar-refractivity contribution in [1.29, 1.82) is 0 Å². The molecule has 0 saturated heterocycles. The topological polar surface area (TPSA) is 47.3 Å². The molecule has 7 heteroatoms. The van der Waals surface area contributed by atoms with Gasteiger partial charge in [0.15, 0.2) is 0 Å². The molecule has 0 unspecified atom stereocenters. The van der Waals surface area contributed by atoms with Crippen molar-refractivity contribution < 1.29 is 22.3 Å². The normalized spacial score (nSPS) is 11.6. The van der Waals surface area contributed by atoms with Crippen molar-refractivity contribution in [3.05, 3.63) is 47.7 Å². The van der Waals surface area contributed by atoms with Gasteiger partial charge in [-0.1, -0.05) is 12.1 Å². The van der Waals surface area contributed by atoms with Gasteiger partial charge in [0, 0.05) is 6.54 Å². The maximum atomic E-state index is 12.0. The smallest absolute Gasteiger partial charge is 0.445 e. The summed E-state index contributed by atoms with van der Waals surface area (Å²) in [6.45, 7) is 2.75. The first-order valence-corrected chi connectivity index (χ1v) is 5.89. The van der Waals surface area contributed by atoms with E-state index in [0.29, 0.717) is 19.0 Å². The van der Waals surface area contributed by atoms with Crippen molar-refractivity contribution in [2.24, 2.45) is 0 Å². The molecule has 0 aliphatic carbocycles. The predicted octanol–water partition coefficient (Wildman–Crippen LogP) is 3.17. The van der Waals surface area contributed by atoms with E-state index in [1.807, 2.05) is 0 Å². The van der Waals surface area contributed by atoms with E-state index in [4.69, 9.17) is 4.42 Å². The average Bonchev–Trinajstić information content (AvgIpc) is 2.75. The lowest BCUT2D eigenvalue weighted by Crippen LogP contribution is -2.17. The fourth-order valence-electron chi connectivity index (χ4n) is 1.61. The summed E-state index contributed by atoms with van der Waals surface area (Å²) in [7, 11) is 0. The van der Waals surface area contributed by atoms with E-state index in [9.17, 15) is 13.2 Å². The van der Waals surface area contributed by atoms with Gasteiger partial charge in [0.25, 0.3) is 0 Å². The number of ether oxygens (including phenoxy) is 1. The zero-order valence-corrected chi connectivity index (χ0v) is 10.7. The Kier molecular flexibility index (Phi) is 4.29. The molecule has 1 aromatic carbocycles. The summed E-state index contributed by atoms with van der Waals surface area (Å²) in [5.41, 5.74) is 0.836. The minimum absolute atomic E-state index is 0.232. The van der Waals surface area contributed by atoms with Crippen LogP contribution in [-0.2, 0) is 13.1 Å². The molecule has 0 radical (unpaired) electrons. The van der Waals surface area contributed by atoms with Crippen molar-refractivity contribution in [3.8, 4) is 5.75 Å². The van der Waals surface area contributed by atoms with E-state index >= 15 is 0 Å². The molecule has 0 spiro atoms. The third kappa shape index (κ3) is 4.58. The zero-order chi connectivity index (χ0) is 14.6. The lowest BCUT2D eigenvalue weighted by molar-refractivity contribution is -0.274. The molecule has 0 bridgehead atoms. The second-order valence-corrected chi connectivity index (χ2v) is 4.16. The number of rotatable bonds is 5. The minimum atomic E-state index is -4.66. The molecule has 1 heterocycles. The van der Waals surface area contributed by atoms with Crippen LogP contribution >= 0.6 is 0 Å². The molecular formula is C13H13F3N2O2. The Bertz CT molecular complexity index is 549. The number of aromatic nitrogens is 1. The van der Waals surface area contributed by atoms with Gasteiger partial charge in [-0.05, 0) is 24.6 Å². The third-order valence-electron chi connectivity index (χ3n) is 2.43. The number of alkyl halides is 3. The Morgan fingerprint density at radius 3 is 2.45 bits per heavy atom. The van der Waals surface area contributed by atoms with Crippen molar-refractivity contribution in [2.45, 2.75) is 26.4 Å². The van der Waals surface area contributed by atoms with Crippen LogP contribution in [0.1, 0.15) is 17.2 Å². The van der Waals surface area contributed by atoms with Crippen LogP contribution < -0.4 is 10.1 Å². The van der Waals surface area contributed by atoms with Crippen LogP contribution in [0.4, 0.5) is 13.2 Å².